The molecule has 86 valence electrons. The van der Waals surface area contributed by atoms with Crippen LogP contribution in [-0.4, -0.2) is 18.1 Å². The number of hydrogen-bond donors (Lipinski definition) is 2. The number of nitrogens with two attached hydrogens (primary N) is 1. The Hall–Kier alpha value is -1.31. The Bertz CT molecular complexity index is 432. The van der Waals surface area contributed by atoms with Crippen molar-refractivity contribution in [3.05, 3.63) is 27.8 Å². The third-order valence-electron chi connectivity index (χ3n) is 2.25. The first-order chi connectivity index (χ1) is 7.59. The van der Waals surface area contributed by atoms with Crippen molar-refractivity contribution in [1.29, 1.82) is 0 Å². The van der Waals surface area contributed by atoms with Gasteiger partial charge in [-0.1, -0.05) is 0 Å². The smallest absolute Gasteiger partial charge is 0.293 e. The van der Waals surface area contributed by atoms with Crippen LogP contribution in [0.25, 0.3) is 0 Å². The molecule has 1 heterocycles. The van der Waals surface area contributed by atoms with Crippen LogP contribution in [0.4, 0.5) is 11.4 Å². The molecule has 0 atom stereocenters. The predicted molar refractivity (Wildman–Crippen MR) is 59.4 cm³/mol. The van der Waals surface area contributed by atoms with E-state index in [2.05, 4.69) is 12.6 Å². The minimum absolute atomic E-state index is 0.0510. The fourth-order valence-corrected chi connectivity index (χ4v) is 1.75. The van der Waals surface area contributed by atoms with E-state index in [0.717, 1.165) is 0 Å². The third-order valence-corrected chi connectivity index (χ3v) is 2.62. The van der Waals surface area contributed by atoms with Crippen LogP contribution in [0.1, 0.15) is 11.9 Å². The zero-order valence-corrected chi connectivity index (χ0v) is 9.15. The highest BCUT2D eigenvalue weighted by Crippen LogP contribution is 2.34. The average Bonchev–Trinajstić information content (AvgIpc) is 2.74. The summed E-state index contributed by atoms with van der Waals surface area (Å²) in [5, 5.41) is 10.8. The molecule has 0 bridgehead atoms. The lowest BCUT2D eigenvalue weighted by Crippen LogP contribution is -2.03. The van der Waals surface area contributed by atoms with Crippen molar-refractivity contribution < 1.29 is 14.4 Å². The molecule has 0 unspecified atom stereocenters. The van der Waals surface area contributed by atoms with Crippen LogP contribution >= 0.6 is 12.6 Å². The fourth-order valence-electron chi connectivity index (χ4n) is 1.48. The van der Waals surface area contributed by atoms with Crippen LogP contribution < -0.4 is 5.73 Å². The lowest BCUT2D eigenvalue weighted by molar-refractivity contribution is -0.384. The predicted octanol–water partition coefficient (Wildman–Crippen LogP) is 1.51. The zero-order valence-electron chi connectivity index (χ0n) is 8.25. The number of thiol groups is 1. The van der Waals surface area contributed by atoms with Gasteiger partial charge >= 0.3 is 0 Å². The van der Waals surface area contributed by atoms with Crippen LogP contribution in [0.3, 0.4) is 0 Å². The van der Waals surface area contributed by atoms with Crippen LogP contribution in [0.2, 0.25) is 0 Å². The molecule has 1 aliphatic heterocycles. The van der Waals surface area contributed by atoms with Gasteiger partial charge in [0.05, 0.1) is 18.1 Å². The van der Waals surface area contributed by atoms with Gasteiger partial charge in [-0.05, 0) is 6.07 Å². The summed E-state index contributed by atoms with van der Waals surface area (Å²) in [6.07, 6.45) is -0.565. The molecule has 7 heteroatoms. The number of benzene rings is 1. The van der Waals surface area contributed by atoms with Crippen molar-refractivity contribution in [2.24, 2.45) is 0 Å². The van der Waals surface area contributed by atoms with E-state index in [0.29, 0.717) is 23.7 Å². The number of nitro benzene ring substituents is 1. The Morgan fingerprint density at radius 3 is 2.62 bits per heavy atom. The molecule has 0 amide bonds. The molecule has 0 radical (unpaired) electrons. The largest absolute Gasteiger partial charge is 0.392 e. The molecule has 2 N–H and O–H groups in total. The second-order valence-corrected chi connectivity index (χ2v) is 3.79. The van der Waals surface area contributed by atoms with E-state index in [9.17, 15) is 10.1 Å². The number of nitrogens with zero attached hydrogens (tertiary/aromatic N) is 1. The summed E-state index contributed by atoms with van der Waals surface area (Å²) in [7, 11) is 0. The van der Waals surface area contributed by atoms with Crippen molar-refractivity contribution in [3.63, 3.8) is 0 Å². The van der Waals surface area contributed by atoms with E-state index in [1.165, 1.54) is 6.07 Å². The van der Waals surface area contributed by atoms with Gasteiger partial charge in [0.15, 0.2) is 6.29 Å². The molecule has 16 heavy (non-hydrogen) atoms. The number of hydrogen-bond acceptors (Lipinski definition) is 6. The lowest BCUT2D eigenvalue weighted by Gasteiger charge is -2.11. The van der Waals surface area contributed by atoms with Gasteiger partial charge in [-0.25, -0.2) is 0 Å². The van der Waals surface area contributed by atoms with Crippen LogP contribution in [0, 0.1) is 10.1 Å². The van der Waals surface area contributed by atoms with E-state index in [1.54, 1.807) is 6.07 Å². The molecule has 1 aromatic rings. The second kappa shape index (κ2) is 4.28. The van der Waals surface area contributed by atoms with Crippen molar-refractivity contribution in [2.75, 3.05) is 18.9 Å². The molecule has 1 aromatic carbocycles. The van der Waals surface area contributed by atoms with Gasteiger partial charge in [0, 0.05) is 16.5 Å². The van der Waals surface area contributed by atoms with Crippen molar-refractivity contribution >= 4 is 24.0 Å². The SMILES string of the molecule is Nc1c(S)cc(C2OCCO2)cc1[N+](=O)[O-]. The monoisotopic (exact) mass is 242 g/mol. The van der Waals surface area contributed by atoms with Gasteiger partial charge in [-0.15, -0.1) is 12.6 Å². The second-order valence-electron chi connectivity index (χ2n) is 3.30. The minimum Gasteiger partial charge on any atom is -0.392 e. The molecule has 0 aliphatic carbocycles. The number of ether oxygens (including phenoxy) is 2. The van der Waals surface area contributed by atoms with Gasteiger partial charge < -0.3 is 15.2 Å². The van der Waals surface area contributed by atoms with Crippen LogP contribution in [0.15, 0.2) is 17.0 Å². The summed E-state index contributed by atoms with van der Waals surface area (Å²) in [6, 6.07) is 2.96. The third kappa shape index (κ3) is 1.97. The molecule has 1 aliphatic rings. The molecule has 1 fully saturated rings. The summed E-state index contributed by atoms with van der Waals surface area (Å²) in [6.45, 7) is 0.954. The highest BCUT2D eigenvalue weighted by molar-refractivity contribution is 7.80. The fraction of sp³-hybridized carbons (Fsp3) is 0.333. The van der Waals surface area contributed by atoms with E-state index in [-0.39, 0.29) is 11.4 Å². The summed E-state index contributed by atoms with van der Waals surface area (Å²) in [5.41, 5.74) is 5.98. The normalized spacial score (nSPS) is 16.6. The van der Waals surface area contributed by atoms with Gasteiger partial charge in [-0.3, -0.25) is 10.1 Å². The summed E-state index contributed by atoms with van der Waals surface area (Å²) >= 11 is 4.08. The van der Waals surface area contributed by atoms with Crippen molar-refractivity contribution in [2.45, 2.75) is 11.2 Å². The topological polar surface area (TPSA) is 87.6 Å². The number of anilines is 1. The quantitative estimate of drug-likeness (QED) is 0.355. The van der Waals surface area contributed by atoms with Gasteiger partial charge in [0.1, 0.15) is 5.69 Å². The number of nitrogen functional groups attached to an aromatic ring is 1. The standard InChI is InChI=1S/C9H10N2O4S/c10-8-6(11(12)13)3-5(4-7(8)16)9-14-1-2-15-9/h3-4,9,16H,1-2,10H2. The van der Waals surface area contributed by atoms with E-state index in [4.69, 9.17) is 15.2 Å². The van der Waals surface area contributed by atoms with Crippen LogP contribution in [0.5, 0.6) is 0 Å². The Labute approximate surface area is 96.9 Å². The molecule has 6 nitrogen and oxygen atoms in total. The molecule has 1 saturated heterocycles. The summed E-state index contributed by atoms with van der Waals surface area (Å²) in [4.78, 5) is 10.6. The summed E-state index contributed by atoms with van der Waals surface area (Å²) < 4.78 is 10.5. The first kappa shape index (κ1) is 11.2. The van der Waals surface area contributed by atoms with Crippen molar-refractivity contribution in [1.82, 2.24) is 0 Å². The van der Waals surface area contributed by atoms with E-state index in [1.807, 2.05) is 0 Å². The van der Waals surface area contributed by atoms with E-state index < -0.39 is 11.2 Å². The molecule has 0 spiro atoms. The van der Waals surface area contributed by atoms with Crippen LogP contribution in [-0.2, 0) is 9.47 Å². The maximum atomic E-state index is 10.8. The molecule has 2 rings (SSSR count). The maximum absolute atomic E-state index is 10.8. The molecular formula is C9H10N2O4S. The lowest BCUT2D eigenvalue weighted by atomic mass is 10.1. The average molecular weight is 242 g/mol. The molecular weight excluding hydrogens is 232 g/mol. The number of rotatable bonds is 2. The Balaban J connectivity index is 2.43. The first-order valence-corrected chi connectivity index (χ1v) is 5.04. The summed E-state index contributed by atoms with van der Waals surface area (Å²) in [5.74, 6) is 0. The molecule has 0 aromatic heterocycles. The first-order valence-electron chi connectivity index (χ1n) is 4.59. The number of nitro groups is 1. The zero-order chi connectivity index (χ0) is 11.7. The molecule has 0 saturated carbocycles. The van der Waals surface area contributed by atoms with Crippen molar-refractivity contribution in [3.8, 4) is 0 Å². The van der Waals surface area contributed by atoms with E-state index >= 15 is 0 Å². The maximum Gasteiger partial charge on any atom is 0.293 e. The van der Waals surface area contributed by atoms with Gasteiger partial charge in [0.2, 0.25) is 0 Å². The van der Waals surface area contributed by atoms with Gasteiger partial charge in [-0.2, -0.15) is 0 Å². The van der Waals surface area contributed by atoms with Gasteiger partial charge in [0.25, 0.3) is 5.69 Å². The highest BCUT2D eigenvalue weighted by atomic mass is 32.1. The Morgan fingerprint density at radius 1 is 1.44 bits per heavy atom. The Kier molecular flexibility index (Phi) is 2.99. The highest BCUT2D eigenvalue weighted by Gasteiger charge is 2.23. The Morgan fingerprint density at radius 2 is 2.06 bits per heavy atom. The minimum atomic E-state index is -0.565.